The normalized spacial score (nSPS) is 26.9. The van der Waals surface area contributed by atoms with Crippen molar-refractivity contribution in [3.63, 3.8) is 0 Å². The van der Waals surface area contributed by atoms with Crippen LogP contribution in [0.15, 0.2) is 12.3 Å². The Balaban J connectivity index is 1.77. The van der Waals surface area contributed by atoms with Crippen LogP contribution in [-0.2, 0) is 4.74 Å². The zero-order chi connectivity index (χ0) is 14.2. The maximum Gasteiger partial charge on any atom is 0.100 e. The van der Waals surface area contributed by atoms with Crippen LogP contribution in [0.3, 0.4) is 0 Å². The van der Waals surface area contributed by atoms with Crippen LogP contribution in [0.25, 0.3) is 0 Å². The highest BCUT2D eigenvalue weighted by Crippen LogP contribution is 2.45. The Morgan fingerprint density at radius 2 is 2.10 bits per heavy atom. The number of hydrogen-bond acceptors (Lipinski definition) is 3. The third-order valence-corrected chi connectivity index (χ3v) is 5.12. The molecule has 0 aromatic carbocycles. The molecule has 3 nitrogen and oxygen atoms in total. The topological polar surface area (TPSA) is 42.4 Å². The van der Waals surface area contributed by atoms with E-state index in [0.29, 0.717) is 22.3 Å². The summed E-state index contributed by atoms with van der Waals surface area (Å²) in [7, 11) is 0. The van der Waals surface area contributed by atoms with Crippen molar-refractivity contribution in [3.8, 4) is 0 Å². The molecule has 0 amide bonds. The monoisotopic (exact) mass is 315 g/mol. The smallest absolute Gasteiger partial charge is 0.100 e. The maximum atomic E-state index is 10.6. The van der Waals surface area contributed by atoms with Gasteiger partial charge in [-0.2, -0.15) is 0 Å². The summed E-state index contributed by atoms with van der Waals surface area (Å²) >= 11 is 12.0. The third kappa shape index (κ3) is 2.82. The van der Waals surface area contributed by atoms with E-state index in [9.17, 15) is 5.11 Å². The van der Waals surface area contributed by atoms with Crippen LogP contribution in [0.5, 0.6) is 0 Å². The highest BCUT2D eigenvalue weighted by molar-refractivity contribution is 6.34. The number of aliphatic hydroxyl groups is 1. The second-order valence-electron chi connectivity index (χ2n) is 5.96. The Labute approximate surface area is 129 Å². The minimum Gasteiger partial charge on any atom is -0.386 e. The van der Waals surface area contributed by atoms with E-state index in [1.54, 1.807) is 6.07 Å². The van der Waals surface area contributed by atoms with Crippen LogP contribution in [0, 0.1) is 5.92 Å². The quantitative estimate of drug-likeness (QED) is 0.891. The first-order chi connectivity index (χ1) is 9.60. The minimum absolute atomic E-state index is 0.0111. The fraction of sp³-hybridized carbons (Fsp3) is 0.667. The Morgan fingerprint density at radius 3 is 2.80 bits per heavy atom. The zero-order valence-corrected chi connectivity index (χ0v) is 12.8. The van der Waals surface area contributed by atoms with Gasteiger partial charge in [0.2, 0.25) is 0 Å². The summed E-state index contributed by atoms with van der Waals surface area (Å²) in [6.07, 6.45) is 7.32. The van der Waals surface area contributed by atoms with Crippen molar-refractivity contribution in [2.45, 2.75) is 50.2 Å². The molecule has 20 heavy (non-hydrogen) atoms. The van der Waals surface area contributed by atoms with Gasteiger partial charge < -0.3 is 9.84 Å². The highest BCUT2D eigenvalue weighted by Gasteiger charge is 2.42. The molecule has 110 valence electrons. The molecule has 1 saturated carbocycles. The number of pyridine rings is 1. The molecular formula is C15H19Cl2NO2. The number of rotatable bonds is 2. The summed E-state index contributed by atoms with van der Waals surface area (Å²) in [5.74, 6) is 0.160. The summed E-state index contributed by atoms with van der Waals surface area (Å²) in [5.41, 5.74) is 0.527. The molecular weight excluding hydrogens is 297 g/mol. The number of ether oxygens (including phenoxy) is 1. The summed E-state index contributed by atoms with van der Waals surface area (Å²) < 4.78 is 6.01. The lowest BCUT2D eigenvalue weighted by Crippen LogP contribution is -2.39. The van der Waals surface area contributed by atoms with Gasteiger partial charge >= 0.3 is 0 Å². The van der Waals surface area contributed by atoms with Crippen molar-refractivity contribution < 1.29 is 9.84 Å². The Bertz CT molecular complexity index is 489. The summed E-state index contributed by atoms with van der Waals surface area (Å²) in [4.78, 5) is 4.21. The van der Waals surface area contributed by atoms with Crippen LogP contribution in [0.1, 0.15) is 50.3 Å². The minimum atomic E-state index is -0.638. The van der Waals surface area contributed by atoms with Crippen LogP contribution < -0.4 is 0 Å². The predicted molar refractivity (Wildman–Crippen MR) is 79.1 cm³/mol. The molecule has 3 rings (SSSR count). The second-order valence-corrected chi connectivity index (χ2v) is 6.80. The molecule has 1 aliphatic carbocycles. The molecule has 1 spiro atoms. The zero-order valence-electron chi connectivity index (χ0n) is 11.3. The van der Waals surface area contributed by atoms with Crippen molar-refractivity contribution in [1.82, 2.24) is 4.98 Å². The fourth-order valence-corrected chi connectivity index (χ4v) is 4.06. The fourth-order valence-electron chi connectivity index (χ4n) is 3.57. The molecule has 2 fully saturated rings. The average Bonchev–Trinajstić information content (AvgIpc) is 2.86. The molecule has 1 saturated heterocycles. The van der Waals surface area contributed by atoms with Crippen LogP contribution in [0.4, 0.5) is 0 Å². The third-order valence-electron chi connectivity index (χ3n) is 4.61. The van der Waals surface area contributed by atoms with Crippen molar-refractivity contribution in [2.75, 3.05) is 6.61 Å². The van der Waals surface area contributed by atoms with E-state index in [1.165, 1.54) is 19.0 Å². The molecule has 1 aromatic heterocycles. The van der Waals surface area contributed by atoms with Crippen molar-refractivity contribution in [1.29, 1.82) is 0 Å². The average molecular weight is 316 g/mol. The molecule has 1 aliphatic heterocycles. The van der Waals surface area contributed by atoms with Gasteiger partial charge in [-0.15, -0.1) is 0 Å². The van der Waals surface area contributed by atoms with Crippen LogP contribution >= 0.6 is 23.2 Å². The summed E-state index contributed by atoms with van der Waals surface area (Å²) in [6, 6.07) is 1.64. The first-order valence-electron chi connectivity index (χ1n) is 7.23. The van der Waals surface area contributed by atoms with Gasteiger partial charge in [0.1, 0.15) is 6.10 Å². The standard InChI is InChI=1S/C15H19Cl2NO2/c16-11-7-12(17)13(18-9-11)14(19)10-3-6-20-15(8-10)4-1-2-5-15/h7,9-10,14,19H,1-6,8H2. The van der Waals surface area contributed by atoms with Crippen molar-refractivity contribution in [2.24, 2.45) is 5.92 Å². The molecule has 1 N–H and O–H groups in total. The van der Waals surface area contributed by atoms with Gasteiger partial charge in [0.25, 0.3) is 0 Å². The van der Waals surface area contributed by atoms with Gasteiger partial charge in [0, 0.05) is 12.8 Å². The predicted octanol–water partition coefficient (Wildman–Crippen LogP) is 4.16. The highest BCUT2D eigenvalue weighted by atomic mass is 35.5. The molecule has 1 aromatic rings. The number of hydrogen-bond donors (Lipinski definition) is 1. The van der Waals surface area contributed by atoms with E-state index < -0.39 is 6.10 Å². The van der Waals surface area contributed by atoms with Gasteiger partial charge in [-0.3, -0.25) is 4.98 Å². The number of aliphatic hydroxyl groups excluding tert-OH is 1. The van der Waals surface area contributed by atoms with Gasteiger partial charge in [-0.1, -0.05) is 36.0 Å². The van der Waals surface area contributed by atoms with Crippen molar-refractivity contribution in [3.05, 3.63) is 28.0 Å². The molecule has 2 heterocycles. The van der Waals surface area contributed by atoms with E-state index in [2.05, 4.69) is 4.98 Å². The lowest BCUT2D eigenvalue weighted by molar-refractivity contribution is -0.113. The Kier molecular flexibility index (Phi) is 4.23. The summed E-state index contributed by atoms with van der Waals surface area (Å²) in [5, 5.41) is 11.5. The number of halogens is 2. The molecule has 0 radical (unpaired) electrons. The Morgan fingerprint density at radius 1 is 1.35 bits per heavy atom. The molecule has 2 unspecified atom stereocenters. The van der Waals surface area contributed by atoms with Gasteiger partial charge in [-0.05, 0) is 37.7 Å². The maximum absolute atomic E-state index is 10.6. The van der Waals surface area contributed by atoms with E-state index in [-0.39, 0.29) is 11.5 Å². The second kappa shape index (κ2) is 5.80. The van der Waals surface area contributed by atoms with Crippen LogP contribution in [-0.4, -0.2) is 22.3 Å². The lowest BCUT2D eigenvalue weighted by Gasteiger charge is -2.40. The lowest BCUT2D eigenvalue weighted by atomic mass is 9.81. The van der Waals surface area contributed by atoms with E-state index in [0.717, 1.165) is 25.7 Å². The SMILES string of the molecule is OC(c1ncc(Cl)cc1Cl)C1CCOC2(CCCC2)C1. The molecule has 2 atom stereocenters. The van der Waals surface area contributed by atoms with Gasteiger partial charge in [0.05, 0.1) is 21.3 Å². The Hall–Kier alpha value is -0.350. The summed E-state index contributed by atoms with van der Waals surface area (Å²) in [6.45, 7) is 0.715. The first kappa shape index (κ1) is 14.6. The van der Waals surface area contributed by atoms with E-state index >= 15 is 0 Å². The number of aromatic nitrogens is 1. The van der Waals surface area contributed by atoms with Crippen LogP contribution in [0.2, 0.25) is 10.0 Å². The largest absolute Gasteiger partial charge is 0.386 e. The van der Waals surface area contributed by atoms with E-state index in [1.807, 2.05) is 0 Å². The van der Waals surface area contributed by atoms with Gasteiger partial charge in [0.15, 0.2) is 0 Å². The molecule has 5 heteroatoms. The van der Waals surface area contributed by atoms with Gasteiger partial charge in [-0.25, -0.2) is 0 Å². The number of nitrogens with zero attached hydrogens (tertiary/aromatic N) is 1. The molecule has 0 bridgehead atoms. The first-order valence-corrected chi connectivity index (χ1v) is 7.98. The van der Waals surface area contributed by atoms with Crippen molar-refractivity contribution >= 4 is 23.2 Å². The molecule has 2 aliphatic rings. The van der Waals surface area contributed by atoms with E-state index in [4.69, 9.17) is 27.9 Å².